The molecule has 0 fully saturated rings. The summed E-state index contributed by atoms with van der Waals surface area (Å²) in [5, 5.41) is 2.80. The number of hydrogen-bond acceptors (Lipinski definition) is 3. The fraction of sp³-hybridized carbons (Fsp3) is 0.440. The van der Waals surface area contributed by atoms with Crippen LogP contribution in [0, 0.1) is 0 Å². The van der Waals surface area contributed by atoms with Crippen LogP contribution in [0.3, 0.4) is 0 Å². The molecule has 2 rings (SSSR count). The van der Waals surface area contributed by atoms with Crippen LogP contribution in [0.2, 0.25) is 0 Å². The lowest BCUT2D eigenvalue weighted by Crippen LogP contribution is -2.50. The van der Waals surface area contributed by atoms with Gasteiger partial charge >= 0.3 is 0 Å². The molecular weight excluding hydrogens is 376 g/mol. The topological polar surface area (TPSA) is 58.6 Å². The van der Waals surface area contributed by atoms with Gasteiger partial charge in [0.2, 0.25) is 5.91 Å². The van der Waals surface area contributed by atoms with Crippen LogP contribution < -0.4 is 10.1 Å². The number of hydrogen-bond donors (Lipinski definition) is 1. The Balaban J connectivity index is 2.04. The quantitative estimate of drug-likeness (QED) is 0.681. The summed E-state index contributed by atoms with van der Waals surface area (Å²) in [5.74, 6) is 0.281. The third-order valence-corrected chi connectivity index (χ3v) is 5.09. The molecule has 2 aromatic rings. The Bertz CT molecular complexity index is 811. The smallest absolute Gasteiger partial charge is 0.261 e. The SMILES string of the molecule is CCNC(=O)[C@H](C)N(CCc1ccccc1)C(=O)COc1ccc(C(C)(C)C)cc1. The van der Waals surface area contributed by atoms with Crippen molar-refractivity contribution in [3.05, 3.63) is 65.7 Å². The maximum atomic E-state index is 12.9. The van der Waals surface area contributed by atoms with E-state index in [1.54, 1.807) is 11.8 Å². The summed E-state index contributed by atoms with van der Waals surface area (Å²) in [6, 6.07) is 17.2. The first-order valence-electron chi connectivity index (χ1n) is 10.6. The molecule has 1 N–H and O–H groups in total. The number of benzene rings is 2. The highest BCUT2D eigenvalue weighted by atomic mass is 16.5. The van der Waals surface area contributed by atoms with Crippen LogP contribution in [-0.2, 0) is 21.4 Å². The van der Waals surface area contributed by atoms with Crippen molar-refractivity contribution in [2.24, 2.45) is 0 Å². The van der Waals surface area contributed by atoms with Crippen LogP contribution >= 0.6 is 0 Å². The average Bonchev–Trinajstić information content (AvgIpc) is 2.72. The van der Waals surface area contributed by atoms with Crippen LogP contribution in [0.4, 0.5) is 0 Å². The van der Waals surface area contributed by atoms with Crippen molar-refractivity contribution in [2.75, 3.05) is 19.7 Å². The summed E-state index contributed by atoms with van der Waals surface area (Å²) >= 11 is 0. The summed E-state index contributed by atoms with van der Waals surface area (Å²) in [4.78, 5) is 26.9. The van der Waals surface area contributed by atoms with Gasteiger partial charge in [0, 0.05) is 13.1 Å². The van der Waals surface area contributed by atoms with Gasteiger partial charge in [-0.3, -0.25) is 9.59 Å². The Labute approximate surface area is 180 Å². The molecule has 1 atom stereocenters. The van der Waals surface area contributed by atoms with E-state index in [1.807, 2.05) is 61.5 Å². The third-order valence-electron chi connectivity index (χ3n) is 5.09. The normalized spacial score (nSPS) is 12.2. The molecule has 2 amide bonds. The van der Waals surface area contributed by atoms with E-state index < -0.39 is 6.04 Å². The number of carbonyl (C=O) groups excluding carboxylic acids is 2. The Morgan fingerprint density at radius 1 is 1.03 bits per heavy atom. The van der Waals surface area contributed by atoms with E-state index in [1.165, 1.54) is 5.56 Å². The second-order valence-electron chi connectivity index (χ2n) is 8.46. The number of amides is 2. The van der Waals surface area contributed by atoms with E-state index in [4.69, 9.17) is 4.74 Å². The molecule has 0 aliphatic carbocycles. The summed E-state index contributed by atoms with van der Waals surface area (Å²) in [5.41, 5.74) is 2.39. The summed E-state index contributed by atoms with van der Waals surface area (Å²) in [6.07, 6.45) is 0.677. The molecule has 0 spiro atoms. The molecule has 5 heteroatoms. The molecule has 162 valence electrons. The maximum absolute atomic E-state index is 12.9. The second-order valence-corrected chi connectivity index (χ2v) is 8.46. The molecule has 0 radical (unpaired) electrons. The van der Waals surface area contributed by atoms with Crippen molar-refractivity contribution < 1.29 is 14.3 Å². The first-order chi connectivity index (χ1) is 14.2. The maximum Gasteiger partial charge on any atom is 0.261 e. The van der Waals surface area contributed by atoms with Gasteiger partial charge in [0.25, 0.3) is 5.91 Å². The highest BCUT2D eigenvalue weighted by Crippen LogP contribution is 2.24. The zero-order valence-electron chi connectivity index (χ0n) is 18.8. The number of likely N-dealkylation sites (N-methyl/N-ethyl adjacent to an activating group) is 1. The second kappa shape index (κ2) is 10.8. The standard InChI is InChI=1S/C25H34N2O3/c1-6-26-24(29)19(2)27(17-16-20-10-8-7-9-11-20)23(28)18-30-22-14-12-21(13-15-22)25(3,4)5/h7-15,19H,6,16-18H2,1-5H3,(H,26,29)/t19-/m0/s1. The zero-order chi connectivity index (χ0) is 22.1. The molecule has 30 heavy (non-hydrogen) atoms. The Hall–Kier alpha value is -2.82. The molecule has 0 saturated heterocycles. The predicted molar refractivity (Wildman–Crippen MR) is 121 cm³/mol. The van der Waals surface area contributed by atoms with Crippen molar-refractivity contribution >= 4 is 11.8 Å². The number of nitrogens with one attached hydrogen (secondary N) is 1. The zero-order valence-corrected chi connectivity index (χ0v) is 18.8. The van der Waals surface area contributed by atoms with Crippen molar-refractivity contribution in [1.29, 1.82) is 0 Å². The Kier molecular flexibility index (Phi) is 8.46. The summed E-state index contributed by atoms with van der Waals surface area (Å²) < 4.78 is 5.74. The monoisotopic (exact) mass is 410 g/mol. The van der Waals surface area contributed by atoms with E-state index in [0.29, 0.717) is 25.3 Å². The first-order valence-corrected chi connectivity index (χ1v) is 10.6. The summed E-state index contributed by atoms with van der Waals surface area (Å²) in [6.45, 7) is 11.0. The number of nitrogens with zero attached hydrogens (tertiary/aromatic N) is 1. The number of carbonyl (C=O) groups is 2. The molecule has 0 aromatic heterocycles. The molecular formula is C25H34N2O3. The van der Waals surface area contributed by atoms with Crippen molar-refractivity contribution in [3.8, 4) is 5.75 Å². The van der Waals surface area contributed by atoms with E-state index in [0.717, 1.165) is 5.56 Å². The van der Waals surface area contributed by atoms with Crippen molar-refractivity contribution in [1.82, 2.24) is 10.2 Å². The number of ether oxygens (including phenoxy) is 1. The van der Waals surface area contributed by atoms with Crippen LogP contribution in [0.1, 0.15) is 45.7 Å². The summed E-state index contributed by atoms with van der Waals surface area (Å²) in [7, 11) is 0. The van der Waals surface area contributed by atoms with E-state index in [9.17, 15) is 9.59 Å². The molecule has 5 nitrogen and oxygen atoms in total. The fourth-order valence-electron chi connectivity index (χ4n) is 3.17. The van der Waals surface area contributed by atoms with E-state index >= 15 is 0 Å². The lowest BCUT2D eigenvalue weighted by molar-refractivity contribution is -0.141. The lowest BCUT2D eigenvalue weighted by Gasteiger charge is -2.28. The van der Waals surface area contributed by atoms with Gasteiger partial charge in [0.1, 0.15) is 11.8 Å². The van der Waals surface area contributed by atoms with E-state index in [2.05, 4.69) is 26.1 Å². The van der Waals surface area contributed by atoms with Gasteiger partial charge in [-0.15, -0.1) is 0 Å². The van der Waals surface area contributed by atoms with Crippen molar-refractivity contribution in [2.45, 2.75) is 52.5 Å². The Morgan fingerprint density at radius 3 is 2.23 bits per heavy atom. The molecule has 0 aliphatic rings. The largest absolute Gasteiger partial charge is 0.484 e. The predicted octanol–water partition coefficient (Wildman–Crippen LogP) is 3.96. The molecule has 0 saturated carbocycles. The van der Waals surface area contributed by atoms with Gasteiger partial charge < -0.3 is 15.0 Å². The highest BCUT2D eigenvalue weighted by molar-refractivity contribution is 5.87. The van der Waals surface area contributed by atoms with Gasteiger partial charge in [0.05, 0.1) is 0 Å². The molecule has 0 unspecified atom stereocenters. The average molecular weight is 411 g/mol. The van der Waals surface area contributed by atoms with Crippen LogP contribution in [0.25, 0.3) is 0 Å². The van der Waals surface area contributed by atoms with E-state index in [-0.39, 0.29) is 23.8 Å². The minimum absolute atomic E-state index is 0.0602. The molecule has 0 heterocycles. The van der Waals surface area contributed by atoms with Gasteiger partial charge in [-0.2, -0.15) is 0 Å². The first kappa shape index (κ1) is 23.5. The van der Waals surface area contributed by atoms with Crippen LogP contribution in [0.15, 0.2) is 54.6 Å². The highest BCUT2D eigenvalue weighted by Gasteiger charge is 2.25. The minimum Gasteiger partial charge on any atom is -0.484 e. The van der Waals surface area contributed by atoms with Gasteiger partial charge in [0.15, 0.2) is 6.61 Å². The van der Waals surface area contributed by atoms with Gasteiger partial charge in [-0.05, 0) is 48.9 Å². The van der Waals surface area contributed by atoms with Crippen molar-refractivity contribution in [3.63, 3.8) is 0 Å². The third kappa shape index (κ3) is 6.90. The molecule has 0 bridgehead atoms. The molecule has 2 aromatic carbocycles. The van der Waals surface area contributed by atoms with Crippen LogP contribution in [-0.4, -0.2) is 42.5 Å². The van der Waals surface area contributed by atoms with Gasteiger partial charge in [-0.25, -0.2) is 0 Å². The fourth-order valence-corrected chi connectivity index (χ4v) is 3.17. The lowest BCUT2D eigenvalue weighted by atomic mass is 9.87. The minimum atomic E-state index is -0.562. The van der Waals surface area contributed by atoms with Gasteiger partial charge in [-0.1, -0.05) is 63.2 Å². The Morgan fingerprint density at radius 2 is 1.67 bits per heavy atom. The van der Waals surface area contributed by atoms with Crippen LogP contribution in [0.5, 0.6) is 5.75 Å². The number of rotatable bonds is 9. The molecule has 0 aliphatic heterocycles.